The summed E-state index contributed by atoms with van der Waals surface area (Å²) in [5, 5.41) is 0. The minimum Gasteiger partial charge on any atom is -0.457 e. The number of ether oxygens (including phenoxy) is 2. The Balaban J connectivity index is 0.000000208. The summed E-state index contributed by atoms with van der Waals surface area (Å²) in [7, 11) is 0. The standard InChI is InChI=1S/2C20H14OS2.Ni/c2*22-19(15-7-3-1-4-8-15)20(23)16-11-13-18(14-12-16)21-17-9-5-2-6-10-17;/h2*1-14H;. The van der Waals surface area contributed by atoms with Gasteiger partial charge in [-0.15, -0.1) is 0 Å². The van der Waals surface area contributed by atoms with Crippen LogP contribution in [0.4, 0.5) is 0 Å². The third-order valence-corrected chi connectivity index (χ3v) is 8.69. The van der Waals surface area contributed by atoms with Crippen molar-refractivity contribution in [2.75, 3.05) is 0 Å². The first-order valence-electron chi connectivity index (χ1n) is 14.4. The SMILES string of the molecule is S=C(C(=S)c1ccc(Oc2ccccc2)cc1)c1ccccc1.S=C(C(=S)c1ccc(Oc2ccccc2)cc1)c1ccccc1.[Ni]. The Kier molecular flexibility index (Phi) is 13.8. The number of rotatable bonds is 10. The van der Waals surface area contributed by atoms with E-state index >= 15 is 0 Å². The molecule has 6 aromatic rings. The van der Waals surface area contributed by atoms with Crippen LogP contribution in [-0.2, 0) is 16.5 Å². The Morgan fingerprint density at radius 2 is 0.489 bits per heavy atom. The summed E-state index contributed by atoms with van der Waals surface area (Å²) in [4.78, 5) is 2.74. The van der Waals surface area contributed by atoms with Crippen molar-refractivity contribution in [1.29, 1.82) is 0 Å². The summed E-state index contributed by atoms with van der Waals surface area (Å²) < 4.78 is 11.6. The molecule has 2 nitrogen and oxygen atoms in total. The van der Waals surface area contributed by atoms with E-state index in [9.17, 15) is 0 Å². The molecular formula is C40H28NiO2S4. The second-order valence-electron chi connectivity index (χ2n) is 9.93. The van der Waals surface area contributed by atoms with Crippen molar-refractivity contribution in [3.05, 3.63) is 192 Å². The molecule has 0 heterocycles. The molecule has 0 aliphatic carbocycles. The van der Waals surface area contributed by atoms with Gasteiger partial charge in [-0.25, -0.2) is 0 Å². The summed E-state index contributed by atoms with van der Waals surface area (Å²) in [5.41, 5.74) is 3.79. The Morgan fingerprint density at radius 1 is 0.277 bits per heavy atom. The van der Waals surface area contributed by atoms with Crippen LogP contribution in [0.25, 0.3) is 0 Å². The zero-order valence-corrected chi connectivity index (χ0v) is 29.2. The molecule has 0 atom stereocenters. The van der Waals surface area contributed by atoms with Gasteiger partial charge in [-0.05, 0) is 95.1 Å². The molecule has 6 rings (SSSR count). The minimum atomic E-state index is 0. The Labute approximate surface area is 307 Å². The van der Waals surface area contributed by atoms with Crippen LogP contribution in [0.1, 0.15) is 22.3 Å². The van der Waals surface area contributed by atoms with E-state index < -0.39 is 0 Å². The monoisotopic (exact) mass is 726 g/mol. The zero-order chi connectivity index (χ0) is 32.1. The maximum absolute atomic E-state index is 5.78. The molecule has 234 valence electrons. The minimum absolute atomic E-state index is 0. The fourth-order valence-corrected chi connectivity index (χ4v) is 5.32. The van der Waals surface area contributed by atoms with Gasteiger partial charge < -0.3 is 9.47 Å². The normalized spacial score (nSPS) is 9.87. The molecule has 7 heteroatoms. The van der Waals surface area contributed by atoms with Gasteiger partial charge in [0.05, 0.1) is 19.5 Å². The van der Waals surface area contributed by atoms with Crippen LogP contribution in [0, 0.1) is 0 Å². The van der Waals surface area contributed by atoms with E-state index in [1.807, 2.05) is 170 Å². The first kappa shape index (κ1) is 35.6. The number of benzene rings is 6. The van der Waals surface area contributed by atoms with Crippen molar-refractivity contribution in [2.45, 2.75) is 0 Å². The van der Waals surface area contributed by atoms with E-state index in [0.717, 1.165) is 45.3 Å². The van der Waals surface area contributed by atoms with Crippen molar-refractivity contribution in [3.8, 4) is 23.0 Å². The maximum Gasteiger partial charge on any atom is 0.127 e. The van der Waals surface area contributed by atoms with E-state index in [0.29, 0.717) is 19.5 Å². The zero-order valence-electron chi connectivity index (χ0n) is 24.9. The first-order valence-corrected chi connectivity index (χ1v) is 16.1. The summed E-state index contributed by atoms with van der Waals surface area (Å²) in [5.74, 6) is 3.16. The van der Waals surface area contributed by atoms with E-state index in [4.69, 9.17) is 58.3 Å². The molecule has 47 heavy (non-hydrogen) atoms. The number of hydrogen-bond acceptors (Lipinski definition) is 6. The van der Waals surface area contributed by atoms with E-state index in [-0.39, 0.29) is 16.5 Å². The maximum atomic E-state index is 5.78. The molecular weight excluding hydrogens is 699 g/mol. The average molecular weight is 728 g/mol. The Bertz CT molecular complexity index is 1770. The van der Waals surface area contributed by atoms with Crippen molar-refractivity contribution in [3.63, 3.8) is 0 Å². The van der Waals surface area contributed by atoms with Gasteiger partial charge in [-0.1, -0.05) is 146 Å². The van der Waals surface area contributed by atoms with Crippen LogP contribution >= 0.6 is 48.9 Å². The van der Waals surface area contributed by atoms with Crippen molar-refractivity contribution in [2.24, 2.45) is 0 Å². The van der Waals surface area contributed by atoms with Gasteiger partial charge in [-0.3, -0.25) is 0 Å². The predicted molar refractivity (Wildman–Crippen MR) is 206 cm³/mol. The van der Waals surface area contributed by atoms with Gasteiger partial charge in [0.15, 0.2) is 0 Å². The Hall–Kier alpha value is -4.23. The van der Waals surface area contributed by atoms with Crippen LogP contribution in [0.15, 0.2) is 170 Å². The molecule has 0 aliphatic rings. The first-order chi connectivity index (χ1) is 22.5. The molecule has 0 fully saturated rings. The number of thiocarbonyl (C=S) groups is 4. The van der Waals surface area contributed by atoms with E-state index in [1.165, 1.54) is 0 Å². The van der Waals surface area contributed by atoms with Crippen molar-refractivity contribution >= 4 is 68.3 Å². The number of para-hydroxylation sites is 2. The average Bonchev–Trinajstić information content (AvgIpc) is 3.13. The third-order valence-electron chi connectivity index (χ3n) is 6.68. The van der Waals surface area contributed by atoms with Gasteiger partial charge in [0, 0.05) is 16.5 Å². The molecule has 0 saturated carbocycles. The number of hydrogen-bond donors (Lipinski definition) is 0. The van der Waals surface area contributed by atoms with Crippen LogP contribution in [0.5, 0.6) is 23.0 Å². The van der Waals surface area contributed by atoms with Gasteiger partial charge in [-0.2, -0.15) is 0 Å². The van der Waals surface area contributed by atoms with Crippen molar-refractivity contribution < 1.29 is 26.0 Å². The van der Waals surface area contributed by atoms with Gasteiger partial charge in [0.25, 0.3) is 0 Å². The fourth-order valence-electron chi connectivity index (χ4n) is 4.30. The molecule has 0 amide bonds. The third kappa shape index (κ3) is 10.4. The molecule has 0 aliphatic heterocycles. The van der Waals surface area contributed by atoms with Crippen LogP contribution in [0.3, 0.4) is 0 Å². The van der Waals surface area contributed by atoms with Crippen molar-refractivity contribution in [1.82, 2.24) is 0 Å². The molecule has 6 aromatic carbocycles. The largest absolute Gasteiger partial charge is 0.457 e. The molecule has 0 aromatic heterocycles. The fraction of sp³-hybridized carbons (Fsp3) is 0. The van der Waals surface area contributed by atoms with Crippen LogP contribution < -0.4 is 9.47 Å². The van der Waals surface area contributed by atoms with E-state index in [2.05, 4.69) is 0 Å². The molecule has 0 bridgehead atoms. The molecule has 0 spiro atoms. The Morgan fingerprint density at radius 3 is 0.766 bits per heavy atom. The molecule has 0 radical (unpaired) electrons. The predicted octanol–water partition coefficient (Wildman–Crippen LogP) is 11.2. The van der Waals surface area contributed by atoms with Crippen LogP contribution in [-0.4, -0.2) is 19.5 Å². The van der Waals surface area contributed by atoms with E-state index in [1.54, 1.807) is 0 Å². The molecule has 0 N–H and O–H groups in total. The quantitative estimate of drug-likeness (QED) is 0.0789. The van der Waals surface area contributed by atoms with Crippen LogP contribution in [0.2, 0.25) is 0 Å². The summed E-state index contributed by atoms with van der Waals surface area (Å²) in [6.07, 6.45) is 0. The molecule has 0 unspecified atom stereocenters. The summed E-state index contributed by atoms with van der Waals surface area (Å²) in [6, 6.07) is 54.4. The second kappa shape index (κ2) is 18.2. The molecule has 0 saturated heterocycles. The second-order valence-corrected chi connectivity index (χ2v) is 11.6. The smallest absolute Gasteiger partial charge is 0.127 e. The van der Waals surface area contributed by atoms with Gasteiger partial charge >= 0.3 is 0 Å². The summed E-state index contributed by atoms with van der Waals surface area (Å²) >= 11 is 22.0. The van der Waals surface area contributed by atoms with Gasteiger partial charge in [0.2, 0.25) is 0 Å². The summed E-state index contributed by atoms with van der Waals surface area (Å²) in [6.45, 7) is 0. The topological polar surface area (TPSA) is 18.5 Å². The van der Waals surface area contributed by atoms with Gasteiger partial charge in [0.1, 0.15) is 23.0 Å².